The van der Waals surface area contributed by atoms with E-state index in [-0.39, 0.29) is 24.1 Å². The van der Waals surface area contributed by atoms with Crippen LogP contribution in [0.5, 0.6) is 5.75 Å². The Morgan fingerprint density at radius 1 is 1.25 bits per heavy atom. The van der Waals surface area contributed by atoms with Crippen LogP contribution in [0.4, 0.5) is 0 Å². The topological polar surface area (TPSA) is 75.7 Å². The van der Waals surface area contributed by atoms with Gasteiger partial charge in [-0.25, -0.2) is 0 Å². The summed E-state index contributed by atoms with van der Waals surface area (Å²) in [4.78, 5) is 38.3. The minimum Gasteiger partial charge on any atom is -0.496 e. The zero-order valence-corrected chi connectivity index (χ0v) is 13.7. The first-order chi connectivity index (χ1) is 11.5. The number of rotatable bonds is 2. The van der Waals surface area contributed by atoms with Crippen molar-refractivity contribution in [2.45, 2.75) is 32.1 Å². The van der Waals surface area contributed by atoms with Gasteiger partial charge in [0.05, 0.1) is 18.1 Å². The van der Waals surface area contributed by atoms with E-state index in [4.69, 9.17) is 4.74 Å². The zero-order valence-electron chi connectivity index (χ0n) is 13.7. The number of amides is 3. The Labute approximate surface area is 140 Å². The Bertz CT molecular complexity index is 758. The highest BCUT2D eigenvalue weighted by Gasteiger charge is 2.52. The minimum atomic E-state index is -0.739. The molecule has 1 aliphatic carbocycles. The van der Waals surface area contributed by atoms with Crippen LogP contribution in [0.2, 0.25) is 0 Å². The Balaban J connectivity index is 1.61. The maximum Gasteiger partial charge on any atom is 0.257 e. The predicted octanol–water partition coefficient (Wildman–Crippen LogP) is 1.06. The summed E-state index contributed by atoms with van der Waals surface area (Å²) in [5.74, 6) is -0.0211. The Kier molecular flexibility index (Phi) is 3.37. The molecule has 3 amide bonds. The molecule has 2 saturated heterocycles. The number of imide groups is 1. The van der Waals surface area contributed by atoms with Crippen LogP contribution >= 0.6 is 0 Å². The fourth-order valence-electron chi connectivity index (χ4n) is 4.17. The number of aryl methyl sites for hydroxylation is 2. The molecule has 1 aromatic rings. The van der Waals surface area contributed by atoms with Gasteiger partial charge in [0.1, 0.15) is 5.75 Å². The van der Waals surface area contributed by atoms with Crippen molar-refractivity contribution in [3.8, 4) is 5.75 Å². The third-order valence-corrected chi connectivity index (χ3v) is 5.52. The van der Waals surface area contributed by atoms with E-state index in [9.17, 15) is 14.4 Å². The molecule has 2 heterocycles. The minimum absolute atomic E-state index is 0.120. The highest BCUT2D eigenvalue weighted by atomic mass is 16.5. The second kappa shape index (κ2) is 5.33. The van der Waals surface area contributed by atoms with Gasteiger partial charge in [0, 0.05) is 19.5 Å². The van der Waals surface area contributed by atoms with Crippen LogP contribution in [0.15, 0.2) is 12.1 Å². The third-order valence-electron chi connectivity index (χ3n) is 5.52. The molecule has 0 saturated carbocycles. The largest absolute Gasteiger partial charge is 0.496 e. The number of likely N-dealkylation sites (tertiary alicyclic amines) is 1. The molecule has 0 bridgehead atoms. The molecule has 1 N–H and O–H groups in total. The molecule has 126 valence electrons. The summed E-state index contributed by atoms with van der Waals surface area (Å²) in [6, 6.07) is 3.90. The van der Waals surface area contributed by atoms with Gasteiger partial charge in [-0.1, -0.05) is 0 Å². The zero-order chi connectivity index (χ0) is 16.9. The average molecular weight is 328 g/mol. The first-order valence-corrected chi connectivity index (χ1v) is 8.36. The van der Waals surface area contributed by atoms with Gasteiger partial charge >= 0.3 is 0 Å². The molecule has 6 heteroatoms. The number of ether oxygens (including phenoxy) is 1. The second-order valence-corrected chi connectivity index (χ2v) is 6.99. The van der Waals surface area contributed by atoms with E-state index >= 15 is 0 Å². The van der Waals surface area contributed by atoms with Crippen LogP contribution in [0.25, 0.3) is 0 Å². The third kappa shape index (κ3) is 2.20. The summed E-state index contributed by atoms with van der Waals surface area (Å²) in [6.07, 6.45) is 3.82. The lowest BCUT2D eigenvalue weighted by Gasteiger charge is -2.21. The number of fused-ring (bicyclic) bond motifs is 1. The number of hydrogen-bond acceptors (Lipinski definition) is 4. The summed E-state index contributed by atoms with van der Waals surface area (Å²) in [5.41, 5.74) is 2.28. The van der Waals surface area contributed by atoms with Gasteiger partial charge in [-0.05, 0) is 48.9 Å². The lowest BCUT2D eigenvalue weighted by atomic mass is 9.85. The van der Waals surface area contributed by atoms with E-state index in [1.54, 1.807) is 12.0 Å². The molecule has 6 nitrogen and oxygen atoms in total. The maximum absolute atomic E-state index is 13.0. The van der Waals surface area contributed by atoms with Crippen LogP contribution in [-0.2, 0) is 22.4 Å². The number of carbonyl (C=O) groups excluding carboxylic acids is 3. The fourth-order valence-corrected chi connectivity index (χ4v) is 4.17. The molecule has 0 aromatic heterocycles. The molecule has 4 rings (SSSR count). The van der Waals surface area contributed by atoms with Crippen LogP contribution in [-0.4, -0.2) is 42.8 Å². The summed E-state index contributed by atoms with van der Waals surface area (Å²) in [5, 5.41) is 2.36. The summed E-state index contributed by atoms with van der Waals surface area (Å²) >= 11 is 0. The van der Waals surface area contributed by atoms with Crippen molar-refractivity contribution in [1.82, 2.24) is 10.2 Å². The van der Waals surface area contributed by atoms with Crippen molar-refractivity contribution >= 4 is 17.7 Å². The molecule has 1 aromatic carbocycles. The lowest BCUT2D eigenvalue weighted by molar-refractivity contribution is -0.128. The van der Waals surface area contributed by atoms with E-state index in [1.807, 2.05) is 12.1 Å². The first kappa shape index (κ1) is 15.2. The van der Waals surface area contributed by atoms with Crippen LogP contribution in [0, 0.1) is 5.41 Å². The molecule has 1 spiro atoms. The number of methoxy groups -OCH3 is 1. The maximum atomic E-state index is 13.0. The average Bonchev–Trinajstić information content (AvgIpc) is 3.25. The van der Waals surface area contributed by atoms with Gasteiger partial charge in [-0.2, -0.15) is 0 Å². The standard InChI is InChI=1S/C18H20N2O4/c1-24-14-8-12-4-2-3-11(12)7-13(14)16(22)20-6-5-18(10-20)9-15(21)19-17(18)23/h7-8H,2-6,9-10H2,1H3,(H,19,21,23). The molecular weight excluding hydrogens is 308 g/mol. The first-order valence-electron chi connectivity index (χ1n) is 8.36. The smallest absolute Gasteiger partial charge is 0.257 e. The van der Waals surface area contributed by atoms with Crippen molar-refractivity contribution in [3.63, 3.8) is 0 Å². The SMILES string of the molecule is COc1cc2c(cc1C(=O)N1CCC3(CC(=O)NC3=O)C1)CCC2. The van der Waals surface area contributed by atoms with Crippen molar-refractivity contribution in [1.29, 1.82) is 0 Å². The molecule has 1 unspecified atom stereocenters. The van der Waals surface area contributed by atoms with Crippen molar-refractivity contribution < 1.29 is 19.1 Å². The lowest BCUT2D eigenvalue weighted by Crippen LogP contribution is -2.36. The monoisotopic (exact) mass is 328 g/mol. The highest BCUT2D eigenvalue weighted by Crippen LogP contribution is 2.39. The van der Waals surface area contributed by atoms with Crippen molar-refractivity contribution in [2.24, 2.45) is 5.41 Å². The Hall–Kier alpha value is -2.37. The van der Waals surface area contributed by atoms with Gasteiger partial charge in [0.15, 0.2) is 0 Å². The van der Waals surface area contributed by atoms with Crippen molar-refractivity contribution in [2.75, 3.05) is 20.2 Å². The number of benzene rings is 1. The summed E-state index contributed by atoms with van der Waals surface area (Å²) in [6.45, 7) is 0.781. The number of nitrogens with one attached hydrogen (secondary N) is 1. The van der Waals surface area contributed by atoms with E-state index in [0.717, 1.165) is 19.3 Å². The molecule has 2 aliphatic heterocycles. The van der Waals surface area contributed by atoms with Crippen LogP contribution in [0.3, 0.4) is 0 Å². The number of hydrogen-bond donors (Lipinski definition) is 1. The van der Waals surface area contributed by atoms with Crippen LogP contribution in [0.1, 0.15) is 40.7 Å². The van der Waals surface area contributed by atoms with Gasteiger partial charge in [0.25, 0.3) is 5.91 Å². The number of nitrogens with zero attached hydrogens (tertiary/aromatic N) is 1. The van der Waals surface area contributed by atoms with E-state index in [1.165, 1.54) is 11.1 Å². The Morgan fingerprint density at radius 3 is 2.67 bits per heavy atom. The summed E-state index contributed by atoms with van der Waals surface area (Å²) < 4.78 is 5.43. The molecule has 3 aliphatic rings. The van der Waals surface area contributed by atoms with Crippen LogP contribution < -0.4 is 10.1 Å². The molecular formula is C18H20N2O4. The van der Waals surface area contributed by atoms with Gasteiger partial charge in [-0.3, -0.25) is 19.7 Å². The number of carbonyl (C=O) groups is 3. The molecule has 24 heavy (non-hydrogen) atoms. The highest BCUT2D eigenvalue weighted by molar-refractivity contribution is 6.07. The molecule has 1 atom stereocenters. The van der Waals surface area contributed by atoms with Gasteiger partial charge in [-0.15, -0.1) is 0 Å². The normalized spacial score (nSPS) is 25.3. The Morgan fingerprint density at radius 2 is 2.00 bits per heavy atom. The fraction of sp³-hybridized carbons (Fsp3) is 0.500. The summed E-state index contributed by atoms with van der Waals surface area (Å²) in [7, 11) is 1.57. The molecule has 2 fully saturated rings. The quantitative estimate of drug-likeness (QED) is 0.824. The van der Waals surface area contributed by atoms with Crippen molar-refractivity contribution in [3.05, 3.63) is 28.8 Å². The van der Waals surface area contributed by atoms with E-state index in [2.05, 4.69) is 5.32 Å². The van der Waals surface area contributed by atoms with Gasteiger partial charge in [0.2, 0.25) is 11.8 Å². The molecule has 0 radical (unpaired) electrons. The van der Waals surface area contributed by atoms with Gasteiger partial charge < -0.3 is 9.64 Å². The van der Waals surface area contributed by atoms with E-state index in [0.29, 0.717) is 30.8 Å². The second-order valence-electron chi connectivity index (χ2n) is 6.99. The predicted molar refractivity (Wildman–Crippen MR) is 85.7 cm³/mol. The van der Waals surface area contributed by atoms with E-state index < -0.39 is 5.41 Å².